The van der Waals surface area contributed by atoms with E-state index < -0.39 is 0 Å². The molecule has 0 saturated heterocycles. The van der Waals surface area contributed by atoms with Crippen molar-refractivity contribution in [2.75, 3.05) is 7.11 Å². The molecule has 5 rings (SSSR count). The minimum Gasteiger partial charge on any atom is -0.497 e. The first-order chi connectivity index (χ1) is 15.1. The first kappa shape index (κ1) is 19.7. The van der Waals surface area contributed by atoms with E-state index in [0.717, 1.165) is 22.3 Å². The molecular formula is C23H16FIN4O2. The molecule has 0 radical (unpaired) electrons. The van der Waals surface area contributed by atoms with Gasteiger partial charge in [0.2, 0.25) is 0 Å². The molecule has 2 aromatic carbocycles. The Morgan fingerprint density at radius 2 is 1.94 bits per heavy atom. The van der Waals surface area contributed by atoms with Crippen molar-refractivity contribution < 1.29 is 13.9 Å². The molecule has 5 aromatic rings. The number of pyridine rings is 1. The topological polar surface area (TPSA) is 61.5 Å². The molecule has 3 heterocycles. The number of aromatic nitrogens is 4. The molecule has 0 unspecified atom stereocenters. The zero-order chi connectivity index (χ0) is 21.4. The van der Waals surface area contributed by atoms with Gasteiger partial charge in [-0.15, -0.1) is 0 Å². The molecule has 0 aliphatic heterocycles. The predicted octanol–water partition coefficient (Wildman–Crippen LogP) is 5.28. The van der Waals surface area contributed by atoms with Crippen LogP contribution in [0.3, 0.4) is 0 Å². The minimum atomic E-state index is -0.268. The molecular weight excluding hydrogens is 510 g/mol. The summed E-state index contributed by atoms with van der Waals surface area (Å²) in [5, 5.41) is 5.54. The first-order valence-electron chi connectivity index (χ1n) is 9.47. The summed E-state index contributed by atoms with van der Waals surface area (Å²) in [7, 11) is 1.62. The summed E-state index contributed by atoms with van der Waals surface area (Å²) in [6.07, 6.45) is 3.43. The molecule has 0 aliphatic carbocycles. The fourth-order valence-electron chi connectivity index (χ4n) is 3.33. The van der Waals surface area contributed by atoms with E-state index in [1.165, 1.54) is 6.07 Å². The van der Waals surface area contributed by atoms with Crippen LogP contribution in [0, 0.1) is 9.39 Å². The van der Waals surface area contributed by atoms with Gasteiger partial charge in [0.15, 0.2) is 5.65 Å². The molecule has 0 saturated carbocycles. The van der Waals surface area contributed by atoms with Gasteiger partial charge in [-0.25, -0.2) is 13.9 Å². The Morgan fingerprint density at radius 1 is 1.03 bits per heavy atom. The molecule has 31 heavy (non-hydrogen) atoms. The summed E-state index contributed by atoms with van der Waals surface area (Å²) in [5.41, 5.74) is 3.62. The van der Waals surface area contributed by atoms with Crippen LogP contribution in [0.2, 0.25) is 0 Å². The Kier molecular flexibility index (Phi) is 5.14. The Morgan fingerprint density at radius 3 is 2.77 bits per heavy atom. The second kappa shape index (κ2) is 8.10. The third-order valence-electron chi connectivity index (χ3n) is 4.93. The van der Waals surface area contributed by atoms with Crippen molar-refractivity contribution in [3.05, 3.63) is 82.1 Å². The summed E-state index contributed by atoms with van der Waals surface area (Å²) in [4.78, 5) is 8.78. The van der Waals surface area contributed by atoms with Crippen LogP contribution >= 0.6 is 22.6 Å². The number of fused-ring (bicyclic) bond motifs is 2. The summed E-state index contributed by atoms with van der Waals surface area (Å²) in [6.45, 7) is 0.268. The van der Waals surface area contributed by atoms with Crippen molar-refractivity contribution in [1.82, 2.24) is 19.6 Å². The molecule has 0 N–H and O–H groups in total. The zero-order valence-electron chi connectivity index (χ0n) is 16.4. The summed E-state index contributed by atoms with van der Waals surface area (Å²) >= 11 is 1.97. The minimum absolute atomic E-state index is 0.268. The van der Waals surface area contributed by atoms with E-state index in [0.29, 0.717) is 26.2 Å². The van der Waals surface area contributed by atoms with Gasteiger partial charge in [0.25, 0.3) is 0 Å². The molecule has 3 aromatic heterocycles. The van der Waals surface area contributed by atoms with Gasteiger partial charge in [0.05, 0.1) is 24.5 Å². The summed E-state index contributed by atoms with van der Waals surface area (Å²) < 4.78 is 27.6. The zero-order valence-corrected chi connectivity index (χ0v) is 18.6. The predicted molar refractivity (Wildman–Crippen MR) is 124 cm³/mol. The van der Waals surface area contributed by atoms with Gasteiger partial charge in [-0.05, 0) is 65.1 Å². The number of halogens is 2. The van der Waals surface area contributed by atoms with Crippen LogP contribution in [-0.2, 0) is 6.61 Å². The Hall–Kier alpha value is -3.27. The van der Waals surface area contributed by atoms with E-state index in [-0.39, 0.29) is 12.4 Å². The van der Waals surface area contributed by atoms with Crippen LogP contribution in [0.1, 0.15) is 5.69 Å². The number of ether oxygens (including phenoxy) is 2. The van der Waals surface area contributed by atoms with Gasteiger partial charge >= 0.3 is 0 Å². The second-order valence-corrected chi connectivity index (χ2v) is 8.01. The molecule has 0 amide bonds. The maximum absolute atomic E-state index is 14.0. The van der Waals surface area contributed by atoms with Crippen LogP contribution in [0.15, 0.2) is 67.0 Å². The lowest BCUT2D eigenvalue weighted by molar-refractivity contribution is 0.302. The lowest BCUT2D eigenvalue weighted by Crippen LogP contribution is -2.04. The maximum atomic E-state index is 14.0. The van der Waals surface area contributed by atoms with Gasteiger partial charge < -0.3 is 9.47 Å². The summed E-state index contributed by atoms with van der Waals surface area (Å²) in [5.74, 6) is 1.18. The standard InChI is InChI=1S/C23H16FIN4O2/c1-30-16-3-4-17-21(11-16)26-9-8-22(17)31-13-15-12-27-23-7-6-20(28-29(15)23)14-2-5-19(25)18(24)10-14/h2-12H,13H2,1H3. The molecule has 154 valence electrons. The maximum Gasteiger partial charge on any atom is 0.153 e. The van der Waals surface area contributed by atoms with Crippen molar-refractivity contribution in [2.45, 2.75) is 6.61 Å². The normalized spacial score (nSPS) is 11.2. The van der Waals surface area contributed by atoms with Crippen LogP contribution in [-0.4, -0.2) is 26.7 Å². The van der Waals surface area contributed by atoms with Crippen molar-refractivity contribution >= 4 is 39.1 Å². The van der Waals surface area contributed by atoms with Crippen molar-refractivity contribution in [3.63, 3.8) is 0 Å². The highest BCUT2D eigenvalue weighted by Gasteiger charge is 2.11. The number of hydrogen-bond donors (Lipinski definition) is 0. The second-order valence-electron chi connectivity index (χ2n) is 6.85. The number of rotatable bonds is 5. The first-order valence-corrected chi connectivity index (χ1v) is 10.5. The lowest BCUT2D eigenvalue weighted by atomic mass is 10.1. The van der Waals surface area contributed by atoms with E-state index in [2.05, 4.69) is 15.1 Å². The summed E-state index contributed by atoms with van der Waals surface area (Å²) in [6, 6.07) is 16.2. The van der Waals surface area contributed by atoms with Gasteiger partial charge in [-0.1, -0.05) is 6.07 Å². The fourth-order valence-corrected chi connectivity index (χ4v) is 3.67. The molecule has 0 aliphatic rings. The Labute approximate surface area is 190 Å². The highest BCUT2D eigenvalue weighted by molar-refractivity contribution is 14.1. The molecule has 6 nitrogen and oxygen atoms in total. The van der Waals surface area contributed by atoms with E-state index in [1.807, 2.05) is 65.1 Å². The number of nitrogens with zero attached hydrogens (tertiary/aromatic N) is 4. The monoisotopic (exact) mass is 526 g/mol. The quantitative estimate of drug-likeness (QED) is 0.292. The van der Waals surface area contributed by atoms with Crippen LogP contribution in [0.5, 0.6) is 11.5 Å². The van der Waals surface area contributed by atoms with Gasteiger partial charge in [0.1, 0.15) is 29.6 Å². The highest BCUT2D eigenvalue weighted by Crippen LogP contribution is 2.28. The number of methoxy groups -OCH3 is 1. The Balaban J connectivity index is 1.46. The van der Waals surface area contributed by atoms with E-state index >= 15 is 0 Å². The van der Waals surface area contributed by atoms with Gasteiger partial charge in [-0.3, -0.25) is 4.98 Å². The van der Waals surface area contributed by atoms with Crippen LogP contribution < -0.4 is 9.47 Å². The van der Waals surface area contributed by atoms with Gasteiger partial charge in [-0.2, -0.15) is 5.10 Å². The average molecular weight is 526 g/mol. The van der Waals surface area contributed by atoms with E-state index in [4.69, 9.17) is 9.47 Å². The third-order valence-corrected chi connectivity index (χ3v) is 5.81. The molecule has 0 atom stereocenters. The number of imidazole rings is 1. The third kappa shape index (κ3) is 3.78. The van der Waals surface area contributed by atoms with Crippen LogP contribution in [0.25, 0.3) is 27.8 Å². The SMILES string of the molecule is COc1ccc2c(OCc3cnc4ccc(-c5ccc(I)c(F)c5)nn34)ccnc2c1. The van der Waals surface area contributed by atoms with E-state index in [9.17, 15) is 4.39 Å². The number of hydrogen-bond acceptors (Lipinski definition) is 5. The Bertz CT molecular complexity index is 1420. The highest BCUT2D eigenvalue weighted by atomic mass is 127. The number of benzene rings is 2. The van der Waals surface area contributed by atoms with Crippen LogP contribution in [0.4, 0.5) is 4.39 Å². The molecule has 0 bridgehead atoms. The fraction of sp³-hybridized carbons (Fsp3) is 0.0870. The largest absolute Gasteiger partial charge is 0.497 e. The van der Waals surface area contributed by atoms with Gasteiger partial charge in [0, 0.05) is 26.8 Å². The molecule has 0 fully saturated rings. The van der Waals surface area contributed by atoms with Crippen molar-refractivity contribution in [2.24, 2.45) is 0 Å². The average Bonchev–Trinajstić information content (AvgIpc) is 3.21. The van der Waals surface area contributed by atoms with Crippen molar-refractivity contribution in [3.8, 4) is 22.8 Å². The molecule has 0 spiro atoms. The van der Waals surface area contributed by atoms with E-state index in [1.54, 1.807) is 30.1 Å². The molecule has 8 heteroatoms. The smallest absolute Gasteiger partial charge is 0.153 e. The lowest BCUT2D eigenvalue weighted by Gasteiger charge is -2.10. The van der Waals surface area contributed by atoms with Crippen molar-refractivity contribution in [1.29, 1.82) is 0 Å².